The van der Waals surface area contributed by atoms with E-state index in [1.165, 1.54) is 23.7 Å². The van der Waals surface area contributed by atoms with Crippen molar-refractivity contribution < 1.29 is 9.72 Å². The molecule has 1 aromatic heterocycles. The second kappa shape index (κ2) is 8.19. The average Bonchev–Trinajstić information content (AvgIpc) is 3.14. The summed E-state index contributed by atoms with van der Waals surface area (Å²) < 4.78 is 1.47. The molecule has 0 saturated heterocycles. The van der Waals surface area contributed by atoms with Crippen molar-refractivity contribution in [1.29, 1.82) is 0 Å². The van der Waals surface area contributed by atoms with Crippen molar-refractivity contribution in [3.63, 3.8) is 0 Å². The zero-order valence-electron chi connectivity index (χ0n) is 14.0. The number of carbonyl (C=O) groups excluding carboxylic acids is 1. The van der Waals surface area contributed by atoms with Crippen molar-refractivity contribution in [2.24, 2.45) is 5.10 Å². The molecule has 0 aliphatic heterocycles. The molecular weight excluding hydrogens is 370 g/mol. The number of hydrogen-bond acceptors (Lipinski definition) is 9. The number of Topliss-reactive ketones (excluding diaryl/α,β-unsaturated/α-hetero) is 1. The number of nitrogens with zero attached hydrogens (tertiary/aromatic N) is 6. The highest BCUT2D eigenvalue weighted by atomic mass is 32.2. The molecule has 0 aliphatic rings. The van der Waals surface area contributed by atoms with Gasteiger partial charge in [-0.05, 0) is 40.4 Å². The molecule has 3 aromatic rings. The van der Waals surface area contributed by atoms with E-state index in [-0.39, 0.29) is 22.2 Å². The minimum absolute atomic E-state index is 0.0557. The number of thioether (sulfide) groups is 1. The van der Waals surface area contributed by atoms with Gasteiger partial charge >= 0.3 is 0 Å². The number of nitrogens with one attached hydrogen (secondary N) is 1. The van der Waals surface area contributed by atoms with Gasteiger partial charge in [0, 0.05) is 13.0 Å². The van der Waals surface area contributed by atoms with Crippen LogP contribution < -0.4 is 5.43 Å². The minimum Gasteiger partial charge on any atom is -0.292 e. The van der Waals surface area contributed by atoms with Gasteiger partial charge in [0.15, 0.2) is 10.8 Å². The molecule has 0 bridgehead atoms. The molecule has 0 fully saturated rings. The van der Waals surface area contributed by atoms with Crippen molar-refractivity contribution in [2.75, 3.05) is 5.43 Å². The van der Waals surface area contributed by atoms with Crippen molar-refractivity contribution in [3.05, 3.63) is 64.7 Å². The number of aromatic nitrogens is 4. The fourth-order valence-electron chi connectivity index (χ4n) is 2.07. The molecule has 3 rings (SSSR count). The molecule has 1 N–H and O–H groups in total. The monoisotopic (exact) mass is 383 g/mol. The standard InChI is InChI=1S/C16H13N7O3S/c1-11(24)15(18-17-13-9-5-6-10-14(13)23(25)26)27-16-19-20-21-22(16)12-7-3-2-4-8-12/h2-10,17H,1H3. The van der Waals surface area contributed by atoms with Crippen LogP contribution in [0.1, 0.15) is 6.92 Å². The van der Waals surface area contributed by atoms with Crippen LogP contribution in [-0.4, -0.2) is 36.0 Å². The summed E-state index contributed by atoms with van der Waals surface area (Å²) in [5.74, 6) is -0.339. The van der Waals surface area contributed by atoms with E-state index in [9.17, 15) is 14.9 Å². The van der Waals surface area contributed by atoms with Crippen LogP contribution in [0.25, 0.3) is 5.69 Å². The Balaban J connectivity index is 1.86. The molecule has 136 valence electrons. The average molecular weight is 383 g/mol. The van der Waals surface area contributed by atoms with Crippen LogP contribution >= 0.6 is 11.8 Å². The summed E-state index contributed by atoms with van der Waals surface area (Å²) in [7, 11) is 0. The third-order valence-corrected chi connectivity index (χ3v) is 4.32. The second-order valence-corrected chi connectivity index (χ2v) is 6.13. The van der Waals surface area contributed by atoms with Gasteiger partial charge in [0.25, 0.3) is 5.69 Å². The van der Waals surface area contributed by atoms with Gasteiger partial charge in [-0.2, -0.15) is 9.78 Å². The van der Waals surface area contributed by atoms with E-state index in [2.05, 4.69) is 26.1 Å². The van der Waals surface area contributed by atoms with Crippen molar-refractivity contribution in [2.45, 2.75) is 12.1 Å². The van der Waals surface area contributed by atoms with Gasteiger partial charge in [0.05, 0.1) is 10.6 Å². The number of hydrogen-bond donors (Lipinski definition) is 1. The van der Waals surface area contributed by atoms with E-state index in [0.29, 0.717) is 5.16 Å². The first-order chi connectivity index (χ1) is 13.1. The van der Waals surface area contributed by atoms with Crippen LogP contribution in [0.3, 0.4) is 0 Å². The smallest absolute Gasteiger partial charge is 0.292 e. The Morgan fingerprint density at radius 2 is 1.89 bits per heavy atom. The van der Waals surface area contributed by atoms with Crippen LogP contribution in [0.2, 0.25) is 0 Å². The quantitative estimate of drug-likeness (QED) is 0.226. The van der Waals surface area contributed by atoms with E-state index < -0.39 is 4.92 Å². The maximum Gasteiger partial charge on any atom is 0.294 e. The largest absolute Gasteiger partial charge is 0.294 e. The number of rotatable bonds is 6. The maximum absolute atomic E-state index is 12.0. The van der Waals surface area contributed by atoms with Crippen LogP contribution in [0.4, 0.5) is 11.4 Å². The molecule has 0 radical (unpaired) electrons. The number of tetrazole rings is 1. The lowest BCUT2D eigenvalue weighted by molar-refractivity contribution is -0.384. The molecule has 0 aliphatic carbocycles. The summed E-state index contributed by atoms with van der Waals surface area (Å²) in [6, 6.07) is 15.2. The molecule has 11 heteroatoms. The summed E-state index contributed by atoms with van der Waals surface area (Å²) in [5, 5.41) is 26.9. The van der Waals surface area contributed by atoms with E-state index in [1.54, 1.807) is 12.1 Å². The highest BCUT2D eigenvalue weighted by Gasteiger charge is 2.17. The third kappa shape index (κ3) is 4.33. The number of anilines is 1. The van der Waals surface area contributed by atoms with Crippen molar-refractivity contribution in [1.82, 2.24) is 20.2 Å². The number of ketones is 1. The van der Waals surface area contributed by atoms with Gasteiger partial charge in [0.2, 0.25) is 5.16 Å². The summed E-state index contributed by atoms with van der Waals surface area (Å²) >= 11 is 0.953. The Bertz CT molecular complexity index is 1000. The van der Waals surface area contributed by atoms with Gasteiger partial charge in [0.1, 0.15) is 5.69 Å². The Kier molecular flexibility index (Phi) is 5.52. The second-order valence-electron chi connectivity index (χ2n) is 5.17. The lowest BCUT2D eigenvalue weighted by Gasteiger charge is -2.06. The normalized spacial score (nSPS) is 11.2. The number of benzene rings is 2. The summed E-state index contributed by atoms with van der Waals surface area (Å²) in [5.41, 5.74) is 3.32. The Morgan fingerprint density at radius 3 is 2.59 bits per heavy atom. The Labute approximate surface area is 157 Å². The first-order valence-corrected chi connectivity index (χ1v) is 8.47. The molecule has 0 saturated carbocycles. The third-order valence-electron chi connectivity index (χ3n) is 3.31. The van der Waals surface area contributed by atoms with Crippen LogP contribution in [0.5, 0.6) is 0 Å². The molecular formula is C16H13N7O3S. The molecule has 27 heavy (non-hydrogen) atoms. The van der Waals surface area contributed by atoms with Crippen molar-refractivity contribution >= 4 is 34.0 Å². The fraction of sp³-hybridized carbons (Fsp3) is 0.0625. The van der Waals surface area contributed by atoms with E-state index >= 15 is 0 Å². The molecule has 2 aromatic carbocycles. The SMILES string of the molecule is CC(=O)C(=NNc1ccccc1[N+](=O)[O-])Sc1nnnn1-c1ccccc1. The van der Waals surface area contributed by atoms with Gasteiger partial charge < -0.3 is 0 Å². The van der Waals surface area contributed by atoms with Crippen LogP contribution in [0, 0.1) is 10.1 Å². The summed E-state index contributed by atoms with van der Waals surface area (Å²) in [4.78, 5) is 22.5. The maximum atomic E-state index is 12.0. The Morgan fingerprint density at radius 1 is 1.19 bits per heavy atom. The fourth-order valence-corrected chi connectivity index (χ4v) is 2.79. The molecule has 1 heterocycles. The Hall–Kier alpha value is -3.60. The topological polar surface area (TPSA) is 128 Å². The minimum atomic E-state index is -0.533. The van der Waals surface area contributed by atoms with Gasteiger partial charge in [-0.25, -0.2) is 0 Å². The van der Waals surface area contributed by atoms with E-state index in [0.717, 1.165) is 17.4 Å². The lowest BCUT2D eigenvalue weighted by Crippen LogP contribution is -2.10. The van der Waals surface area contributed by atoms with E-state index in [1.807, 2.05) is 30.3 Å². The van der Waals surface area contributed by atoms with Crippen LogP contribution in [0.15, 0.2) is 64.9 Å². The number of para-hydroxylation sites is 3. The highest BCUT2D eigenvalue weighted by molar-refractivity contribution is 8.15. The number of nitro groups is 1. The molecule has 10 nitrogen and oxygen atoms in total. The lowest BCUT2D eigenvalue weighted by atomic mass is 10.3. The zero-order valence-corrected chi connectivity index (χ0v) is 14.8. The summed E-state index contributed by atoms with van der Waals surface area (Å²) in [6.45, 7) is 1.34. The van der Waals surface area contributed by atoms with Crippen LogP contribution in [-0.2, 0) is 4.79 Å². The zero-order chi connectivity index (χ0) is 19.2. The first kappa shape index (κ1) is 18.2. The molecule has 0 spiro atoms. The molecule has 0 unspecified atom stereocenters. The predicted octanol–water partition coefficient (Wildman–Crippen LogP) is 2.68. The van der Waals surface area contributed by atoms with Gasteiger partial charge in [-0.1, -0.05) is 30.3 Å². The van der Waals surface area contributed by atoms with E-state index in [4.69, 9.17) is 0 Å². The number of carbonyl (C=O) groups is 1. The molecule has 0 atom stereocenters. The van der Waals surface area contributed by atoms with Gasteiger partial charge in [-0.15, -0.1) is 5.10 Å². The number of nitro benzene ring substituents is 1. The van der Waals surface area contributed by atoms with Gasteiger partial charge in [-0.3, -0.25) is 20.3 Å². The molecule has 0 amide bonds. The predicted molar refractivity (Wildman–Crippen MR) is 99.8 cm³/mol. The highest BCUT2D eigenvalue weighted by Crippen LogP contribution is 2.24. The first-order valence-electron chi connectivity index (χ1n) is 7.66. The number of hydrazone groups is 1. The van der Waals surface area contributed by atoms with Crippen molar-refractivity contribution in [3.8, 4) is 5.69 Å². The summed E-state index contributed by atoms with van der Waals surface area (Å²) in [6.07, 6.45) is 0.